The highest BCUT2D eigenvalue weighted by Gasteiger charge is 2.34. The lowest BCUT2D eigenvalue weighted by molar-refractivity contribution is -0.145. The molecule has 6 nitrogen and oxygen atoms in total. The number of amidine groups is 1. The highest BCUT2D eigenvalue weighted by molar-refractivity contribution is 5.98. The minimum atomic E-state index is -1.01. The van der Waals surface area contributed by atoms with Crippen molar-refractivity contribution in [1.82, 2.24) is 10.0 Å². The van der Waals surface area contributed by atoms with Crippen LogP contribution in [-0.4, -0.2) is 45.9 Å². The summed E-state index contributed by atoms with van der Waals surface area (Å²) in [6.07, 6.45) is -0.253. The SMILES string of the molecule is CC1=NC(=O)C(CC(=O)O)N(C)N1Cc1ccccc1. The van der Waals surface area contributed by atoms with Crippen molar-refractivity contribution in [2.45, 2.75) is 25.9 Å². The van der Waals surface area contributed by atoms with Crippen LogP contribution in [0, 0.1) is 0 Å². The molecule has 1 unspecified atom stereocenters. The van der Waals surface area contributed by atoms with E-state index in [4.69, 9.17) is 5.11 Å². The van der Waals surface area contributed by atoms with Crippen molar-refractivity contribution in [2.24, 2.45) is 4.99 Å². The second-order valence-corrected chi connectivity index (χ2v) is 4.73. The van der Waals surface area contributed by atoms with Crippen molar-refractivity contribution >= 4 is 17.7 Å². The number of nitrogens with zero attached hydrogens (tertiary/aromatic N) is 3. The van der Waals surface area contributed by atoms with Crippen LogP contribution in [0.15, 0.2) is 35.3 Å². The Hall–Kier alpha value is -2.21. The summed E-state index contributed by atoms with van der Waals surface area (Å²) in [5, 5.41) is 12.4. The van der Waals surface area contributed by atoms with Gasteiger partial charge in [0.2, 0.25) is 0 Å². The first kappa shape index (κ1) is 14.2. The Morgan fingerprint density at radius 3 is 2.60 bits per heavy atom. The lowest BCUT2D eigenvalue weighted by Crippen LogP contribution is -2.55. The monoisotopic (exact) mass is 275 g/mol. The summed E-state index contributed by atoms with van der Waals surface area (Å²) in [5.41, 5.74) is 1.07. The average molecular weight is 275 g/mol. The third kappa shape index (κ3) is 3.03. The first-order valence-corrected chi connectivity index (χ1v) is 6.34. The number of carbonyl (C=O) groups is 2. The quantitative estimate of drug-likeness (QED) is 0.892. The number of benzene rings is 1. The van der Waals surface area contributed by atoms with E-state index in [0.29, 0.717) is 12.4 Å². The van der Waals surface area contributed by atoms with Crippen LogP contribution in [0.3, 0.4) is 0 Å². The zero-order valence-corrected chi connectivity index (χ0v) is 11.5. The second kappa shape index (κ2) is 5.83. The Morgan fingerprint density at radius 2 is 2.00 bits per heavy atom. The Bertz CT molecular complexity index is 542. The molecule has 1 N–H and O–H groups in total. The molecule has 0 saturated carbocycles. The van der Waals surface area contributed by atoms with Gasteiger partial charge < -0.3 is 5.11 Å². The highest BCUT2D eigenvalue weighted by atomic mass is 16.4. The smallest absolute Gasteiger partial charge is 0.305 e. The van der Waals surface area contributed by atoms with E-state index < -0.39 is 17.9 Å². The summed E-state index contributed by atoms with van der Waals surface area (Å²) in [7, 11) is 1.71. The molecule has 0 spiro atoms. The number of rotatable bonds is 4. The summed E-state index contributed by atoms with van der Waals surface area (Å²) >= 11 is 0. The standard InChI is InChI=1S/C14H17N3O3/c1-10-15-14(20)12(8-13(18)19)16(2)17(10)9-11-6-4-3-5-7-11/h3-7,12H,8-9H2,1-2H3,(H,18,19). The molecule has 1 aromatic rings. The zero-order valence-electron chi connectivity index (χ0n) is 11.5. The topological polar surface area (TPSA) is 73.2 Å². The maximum atomic E-state index is 11.8. The summed E-state index contributed by atoms with van der Waals surface area (Å²) in [5.74, 6) is -0.843. The van der Waals surface area contributed by atoms with Crippen LogP contribution in [0.5, 0.6) is 0 Å². The van der Waals surface area contributed by atoms with Gasteiger partial charge in [-0.2, -0.15) is 4.99 Å². The van der Waals surface area contributed by atoms with Crippen LogP contribution in [0.1, 0.15) is 18.9 Å². The third-order valence-electron chi connectivity index (χ3n) is 3.31. The second-order valence-electron chi connectivity index (χ2n) is 4.73. The Labute approximate surface area is 117 Å². The maximum absolute atomic E-state index is 11.8. The molecular formula is C14H17N3O3. The number of amides is 1. The van der Waals surface area contributed by atoms with Gasteiger partial charge in [-0.15, -0.1) is 0 Å². The van der Waals surface area contributed by atoms with Gasteiger partial charge in [0, 0.05) is 7.05 Å². The van der Waals surface area contributed by atoms with Crippen molar-refractivity contribution in [3.63, 3.8) is 0 Å². The zero-order chi connectivity index (χ0) is 14.7. The molecule has 0 saturated heterocycles. The van der Waals surface area contributed by atoms with Gasteiger partial charge in [-0.25, -0.2) is 5.01 Å². The normalized spacial score (nSPS) is 19.9. The van der Waals surface area contributed by atoms with Crippen molar-refractivity contribution < 1.29 is 14.7 Å². The Morgan fingerprint density at radius 1 is 1.35 bits per heavy atom. The van der Waals surface area contributed by atoms with Crippen LogP contribution in [0.4, 0.5) is 0 Å². The van der Waals surface area contributed by atoms with Gasteiger partial charge in [0.1, 0.15) is 11.9 Å². The number of carboxylic acids is 1. The largest absolute Gasteiger partial charge is 0.481 e. The number of carbonyl (C=O) groups excluding carboxylic acids is 1. The summed E-state index contributed by atoms with van der Waals surface area (Å²) in [6.45, 7) is 2.30. The van der Waals surface area contributed by atoms with E-state index >= 15 is 0 Å². The van der Waals surface area contributed by atoms with Crippen LogP contribution in [0.25, 0.3) is 0 Å². The predicted molar refractivity (Wildman–Crippen MR) is 73.9 cm³/mol. The fraction of sp³-hybridized carbons (Fsp3) is 0.357. The summed E-state index contributed by atoms with van der Waals surface area (Å²) < 4.78 is 0. The third-order valence-corrected chi connectivity index (χ3v) is 3.31. The number of aliphatic imine (C=N–C) groups is 1. The molecule has 2 rings (SSSR count). The first-order chi connectivity index (χ1) is 9.49. The number of carboxylic acid groups (broad SMARTS) is 1. The minimum absolute atomic E-state index is 0.253. The molecule has 0 radical (unpaired) electrons. The highest BCUT2D eigenvalue weighted by Crippen LogP contribution is 2.18. The number of aliphatic carboxylic acids is 1. The van der Waals surface area contributed by atoms with E-state index in [2.05, 4.69) is 4.99 Å². The van der Waals surface area contributed by atoms with Crippen LogP contribution in [0.2, 0.25) is 0 Å². The molecule has 0 aliphatic carbocycles. The number of hydrazine groups is 1. The maximum Gasteiger partial charge on any atom is 0.305 e. The molecule has 1 aromatic carbocycles. The van der Waals surface area contributed by atoms with Gasteiger partial charge in [-0.1, -0.05) is 30.3 Å². The van der Waals surface area contributed by atoms with Crippen molar-refractivity contribution in [2.75, 3.05) is 7.05 Å². The number of hydrogen-bond acceptors (Lipinski definition) is 4. The van der Waals surface area contributed by atoms with Crippen molar-refractivity contribution in [3.8, 4) is 0 Å². The van der Waals surface area contributed by atoms with Crippen LogP contribution >= 0.6 is 0 Å². The summed E-state index contributed by atoms with van der Waals surface area (Å²) in [4.78, 5) is 26.6. The van der Waals surface area contributed by atoms with E-state index in [1.54, 1.807) is 19.0 Å². The van der Waals surface area contributed by atoms with Gasteiger partial charge in [-0.3, -0.25) is 14.6 Å². The first-order valence-electron chi connectivity index (χ1n) is 6.34. The fourth-order valence-corrected chi connectivity index (χ4v) is 2.22. The van der Waals surface area contributed by atoms with E-state index in [-0.39, 0.29) is 6.42 Å². The molecule has 6 heteroatoms. The van der Waals surface area contributed by atoms with Gasteiger partial charge in [0.15, 0.2) is 0 Å². The number of hydrogen-bond donors (Lipinski definition) is 1. The fourth-order valence-electron chi connectivity index (χ4n) is 2.22. The van der Waals surface area contributed by atoms with Gasteiger partial charge >= 0.3 is 5.97 Å². The molecule has 0 aromatic heterocycles. The lowest BCUT2D eigenvalue weighted by atomic mass is 10.1. The van der Waals surface area contributed by atoms with Gasteiger partial charge in [0.25, 0.3) is 5.91 Å². The van der Waals surface area contributed by atoms with Crippen molar-refractivity contribution in [3.05, 3.63) is 35.9 Å². The molecule has 1 atom stereocenters. The number of likely N-dealkylation sites (N-methyl/N-ethyl adjacent to an activating group) is 1. The molecule has 106 valence electrons. The molecule has 1 aliphatic rings. The van der Waals surface area contributed by atoms with Gasteiger partial charge in [-0.05, 0) is 12.5 Å². The Balaban J connectivity index is 2.21. The van der Waals surface area contributed by atoms with Crippen LogP contribution < -0.4 is 0 Å². The van der Waals surface area contributed by atoms with E-state index in [1.165, 1.54) is 0 Å². The van der Waals surface area contributed by atoms with E-state index in [0.717, 1.165) is 5.56 Å². The molecule has 0 fully saturated rings. The van der Waals surface area contributed by atoms with Crippen LogP contribution in [-0.2, 0) is 16.1 Å². The van der Waals surface area contributed by atoms with E-state index in [1.807, 2.05) is 35.3 Å². The molecular weight excluding hydrogens is 258 g/mol. The molecule has 0 bridgehead atoms. The molecule has 1 heterocycles. The summed E-state index contributed by atoms with van der Waals surface area (Å²) in [6, 6.07) is 9.01. The molecule has 1 amide bonds. The molecule has 1 aliphatic heterocycles. The van der Waals surface area contributed by atoms with Gasteiger partial charge in [0.05, 0.1) is 13.0 Å². The average Bonchev–Trinajstić information content (AvgIpc) is 2.40. The Kier molecular flexibility index (Phi) is 4.14. The predicted octanol–water partition coefficient (Wildman–Crippen LogP) is 1.14. The van der Waals surface area contributed by atoms with Crippen molar-refractivity contribution in [1.29, 1.82) is 0 Å². The molecule has 20 heavy (non-hydrogen) atoms. The minimum Gasteiger partial charge on any atom is -0.481 e. The lowest BCUT2D eigenvalue weighted by Gasteiger charge is -2.40. The van der Waals surface area contributed by atoms with E-state index in [9.17, 15) is 9.59 Å².